The van der Waals surface area contributed by atoms with Gasteiger partial charge in [-0.2, -0.15) is 0 Å². The van der Waals surface area contributed by atoms with E-state index in [4.69, 9.17) is 0 Å². The van der Waals surface area contributed by atoms with Crippen LogP contribution in [0.25, 0.3) is 0 Å². The lowest BCUT2D eigenvalue weighted by atomic mass is 9.91. The second-order valence-electron chi connectivity index (χ2n) is 5.15. The van der Waals surface area contributed by atoms with Crippen LogP contribution in [0.3, 0.4) is 0 Å². The number of nitrogens with zero attached hydrogens (tertiary/aromatic N) is 1. The number of anilines is 1. The van der Waals surface area contributed by atoms with E-state index in [0.717, 1.165) is 23.1 Å². The number of rotatable bonds is 2. The fourth-order valence-electron chi connectivity index (χ4n) is 2.25. The van der Waals surface area contributed by atoms with Crippen LogP contribution in [-0.4, -0.2) is 23.4 Å². The molecule has 2 amide bonds. The molecular formula is C14H16F2N2O2. The Hall–Kier alpha value is -1.98. The fourth-order valence-corrected chi connectivity index (χ4v) is 2.25. The van der Waals surface area contributed by atoms with Gasteiger partial charge in [0.25, 0.3) is 5.91 Å². The van der Waals surface area contributed by atoms with Crippen LogP contribution >= 0.6 is 0 Å². The van der Waals surface area contributed by atoms with E-state index in [1.807, 2.05) is 0 Å². The van der Waals surface area contributed by atoms with E-state index >= 15 is 0 Å². The van der Waals surface area contributed by atoms with Gasteiger partial charge in [0.05, 0.1) is 5.69 Å². The zero-order valence-corrected chi connectivity index (χ0v) is 11.5. The normalized spacial score (nSPS) is 26.6. The highest BCUT2D eigenvalue weighted by Gasteiger charge is 2.46. The number of hydrogen-bond acceptors (Lipinski definition) is 2. The minimum absolute atomic E-state index is 0.0505. The molecule has 2 atom stereocenters. The average molecular weight is 282 g/mol. The Morgan fingerprint density at radius 2 is 1.80 bits per heavy atom. The largest absolute Gasteiger partial charge is 0.340 e. The lowest BCUT2D eigenvalue weighted by Gasteiger charge is -2.42. The summed E-state index contributed by atoms with van der Waals surface area (Å²) in [6.45, 7) is 4.88. The van der Waals surface area contributed by atoms with Crippen molar-refractivity contribution in [1.82, 2.24) is 5.32 Å². The van der Waals surface area contributed by atoms with Crippen molar-refractivity contribution in [2.24, 2.45) is 0 Å². The van der Waals surface area contributed by atoms with Crippen LogP contribution < -0.4 is 10.2 Å². The summed E-state index contributed by atoms with van der Waals surface area (Å²) in [4.78, 5) is 25.6. The summed E-state index contributed by atoms with van der Waals surface area (Å²) in [5.41, 5.74) is -1.01. The Kier molecular flexibility index (Phi) is 3.50. The number of piperazine rings is 1. The van der Waals surface area contributed by atoms with Crippen LogP contribution in [-0.2, 0) is 9.59 Å². The zero-order chi connectivity index (χ0) is 15.1. The van der Waals surface area contributed by atoms with Crippen molar-refractivity contribution < 1.29 is 18.4 Å². The van der Waals surface area contributed by atoms with Crippen LogP contribution in [0.2, 0.25) is 0 Å². The van der Waals surface area contributed by atoms with E-state index in [0.29, 0.717) is 6.42 Å². The summed E-state index contributed by atoms with van der Waals surface area (Å²) in [6.07, 6.45) is 0.387. The maximum absolute atomic E-state index is 13.3. The molecule has 2 unspecified atom stereocenters. The van der Waals surface area contributed by atoms with Gasteiger partial charge >= 0.3 is 0 Å². The van der Waals surface area contributed by atoms with Crippen LogP contribution in [0.15, 0.2) is 18.2 Å². The molecule has 0 aromatic heterocycles. The van der Waals surface area contributed by atoms with E-state index in [9.17, 15) is 18.4 Å². The summed E-state index contributed by atoms with van der Waals surface area (Å²) < 4.78 is 26.7. The van der Waals surface area contributed by atoms with Crippen molar-refractivity contribution in [1.29, 1.82) is 0 Å². The Morgan fingerprint density at radius 1 is 1.25 bits per heavy atom. The van der Waals surface area contributed by atoms with Gasteiger partial charge in [0.1, 0.15) is 23.2 Å². The van der Waals surface area contributed by atoms with Gasteiger partial charge < -0.3 is 5.32 Å². The molecule has 1 aromatic carbocycles. The van der Waals surface area contributed by atoms with Gasteiger partial charge in [0, 0.05) is 6.07 Å². The molecule has 20 heavy (non-hydrogen) atoms. The molecule has 2 rings (SSSR count). The highest BCUT2D eigenvalue weighted by molar-refractivity contribution is 6.10. The third-order valence-corrected chi connectivity index (χ3v) is 3.69. The Morgan fingerprint density at radius 3 is 2.30 bits per heavy atom. The molecule has 1 aliphatic heterocycles. The maximum atomic E-state index is 13.3. The van der Waals surface area contributed by atoms with Gasteiger partial charge in [0.15, 0.2) is 0 Å². The number of halogens is 2. The first-order valence-corrected chi connectivity index (χ1v) is 6.40. The Balaban J connectivity index is 2.51. The van der Waals surface area contributed by atoms with Crippen molar-refractivity contribution in [2.75, 3.05) is 4.90 Å². The highest BCUT2D eigenvalue weighted by atomic mass is 19.1. The molecule has 0 radical (unpaired) electrons. The molecule has 0 bridgehead atoms. The third-order valence-electron chi connectivity index (χ3n) is 3.69. The summed E-state index contributed by atoms with van der Waals surface area (Å²) in [5.74, 6) is -2.30. The maximum Gasteiger partial charge on any atom is 0.253 e. The smallest absolute Gasteiger partial charge is 0.253 e. The summed E-state index contributed by atoms with van der Waals surface area (Å²) in [6, 6.07) is 2.00. The van der Waals surface area contributed by atoms with Crippen molar-refractivity contribution in [3.8, 4) is 0 Å². The average Bonchev–Trinajstić information content (AvgIpc) is 2.36. The first kappa shape index (κ1) is 14.4. The second kappa shape index (κ2) is 4.85. The molecule has 1 saturated heterocycles. The molecule has 1 aliphatic rings. The van der Waals surface area contributed by atoms with E-state index in [1.165, 1.54) is 6.92 Å². The SMILES string of the molecule is CCC1(C)NC(=O)C(C)N(c2cc(F)cc(F)c2)C1=O. The number of benzene rings is 1. The van der Waals surface area contributed by atoms with Crippen molar-refractivity contribution in [3.63, 3.8) is 0 Å². The van der Waals surface area contributed by atoms with Gasteiger partial charge in [-0.1, -0.05) is 6.92 Å². The van der Waals surface area contributed by atoms with E-state index in [-0.39, 0.29) is 17.5 Å². The first-order valence-electron chi connectivity index (χ1n) is 6.40. The fraction of sp³-hybridized carbons (Fsp3) is 0.429. The first-order chi connectivity index (χ1) is 9.28. The summed E-state index contributed by atoms with van der Waals surface area (Å²) in [7, 11) is 0. The van der Waals surface area contributed by atoms with Gasteiger partial charge in [-0.15, -0.1) is 0 Å². The lowest BCUT2D eigenvalue weighted by molar-refractivity contribution is -0.137. The van der Waals surface area contributed by atoms with Crippen molar-refractivity contribution in [2.45, 2.75) is 38.8 Å². The number of hydrogen-bond donors (Lipinski definition) is 1. The Labute approximate surface area is 115 Å². The second-order valence-corrected chi connectivity index (χ2v) is 5.15. The molecular weight excluding hydrogens is 266 g/mol. The molecule has 0 aliphatic carbocycles. The molecule has 1 heterocycles. The van der Waals surface area contributed by atoms with Crippen LogP contribution in [0.4, 0.5) is 14.5 Å². The van der Waals surface area contributed by atoms with Crippen LogP contribution in [0.5, 0.6) is 0 Å². The molecule has 1 fully saturated rings. The van der Waals surface area contributed by atoms with Crippen LogP contribution in [0.1, 0.15) is 27.2 Å². The molecule has 108 valence electrons. The van der Waals surface area contributed by atoms with Crippen molar-refractivity contribution >= 4 is 17.5 Å². The molecule has 6 heteroatoms. The molecule has 1 aromatic rings. The van der Waals surface area contributed by atoms with E-state index in [1.54, 1.807) is 13.8 Å². The topological polar surface area (TPSA) is 49.4 Å². The van der Waals surface area contributed by atoms with Crippen molar-refractivity contribution in [3.05, 3.63) is 29.8 Å². The standard InChI is InChI=1S/C14H16F2N2O2/c1-4-14(3)13(20)18(8(2)12(19)17-14)11-6-9(15)5-10(16)7-11/h5-8H,4H2,1-3H3,(H,17,19). The predicted octanol–water partition coefficient (Wildman–Crippen LogP) is 1.98. The van der Waals surface area contributed by atoms with E-state index < -0.39 is 23.2 Å². The highest BCUT2D eigenvalue weighted by Crippen LogP contribution is 2.28. The molecule has 0 spiro atoms. The summed E-state index contributed by atoms with van der Waals surface area (Å²) in [5, 5.41) is 2.65. The number of carbonyl (C=O) groups is 2. The molecule has 0 saturated carbocycles. The Bertz CT molecular complexity index is 556. The lowest BCUT2D eigenvalue weighted by Crippen LogP contribution is -2.68. The number of carbonyl (C=O) groups excluding carboxylic acids is 2. The number of nitrogens with one attached hydrogen (secondary N) is 1. The van der Waals surface area contributed by atoms with E-state index in [2.05, 4.69) is 5.32 Å². The van der Waals surface area contributed by atoms with Gasteiger partial charge in [-0.25, -0.2) is 8.78 Å². The number of amides is 2. The minimum Gasteiger partial charge on any atom is -0.340 e. The quantitative estimate of drug-likeness (QED) is 0.901. The van der Waals surface area contributed by atoms with Crippen LogP contribution in [0, 0.1) is 11.6 Å². The zero-order valence-electron chi connectivity index (χ0n) is 11.5. The van der Waals surface area contributed by atoms with Gasteiger partial charge in [0.2, 0.25) is 5.91 Å². The third kappa shape index (κ3) is 2.26. The monoisotopic (exact) mass is 282 g/mol. The predicted molar refractivity (Wildman–Crippen MR) is 70.1 cm³/mol. The molecule has 1 N–H and O–H groups in total. The minimum atomic E-state index is -1.06. The van der Waals surface area contributed by atoms with Gasteiger partial charge in [-0.3, -0.25) is 14.5 Å². The van der Waals surface area contributed by atoms with Gasteiger partial charge in [-0.05, 0) is 32.4 Å². The molecule has 4 nitrogen and oxygen atoms in total. The summed E-state index contributed by atoms with van der Waals surface area (Å²) >= 11 is 0.